The van der Waals surface area contributed by atoms with Crippen molar-refractivity contribution < 1.29 is 28.5 Å². The highest BCUT2D eigenvalue weighted by atomic mass is 32.1. The number of hydrogen-bond donors (Lipinski definition) is 0. The van der Waals surface area contributed by atoms with Crippen LogP contribution in [0.15, 0.2) is 24.3 Å². The van der Waals surface area contributed by atoms with Gasteiger partial charge in [0, 0.05) is 30.8 Å². The molecule has 0 fully saturated rings. The minimum absolute atomic E-state index is 0.214. The van der Waals surface area contributed by atoms with Crippen LogP contribution in [-0.2, 0) is 0 Å². The number of methoxy groups -OCH3 is 5. The summed E-state index contributed by atoms with van der Waals surface area (Å²) in [5, 5.41) is 0.584. The van der Waals surface area contributed by atoms with Crippen molar-refractivity contribution in [1.82, 2.24) is 9.88 Å². The van der Waals surface area contributed by atoms with Gasteiger partial charge in [-0.25, -0.2) is 4.98 Å². The normalized spacial score (nSPS) is 11.0. The molecule has 1 amide bonds. The highest BCUT2D eigenvalue weighted by molar-refractivity contribution is 7.22. The van der Waals surface area contributed by atoms with E-state index in [1.54, 1.807) is 31.3 Å². The summed E-state index contributed by atoms with van der Waals surface area (Å²) < 4.78 is 28.1. The number of carbonyl (C=O) groups excluding carboxylic acids is 1. The first-order valence-corrected chi connectivity index (χ1v) is 12.1. The Morgan fingerprint density at radius 2 is 1.37 bits per heavy atom. The van der Waals surface area contributed by atoms with Crippen molar-refractivity contribution in [3.63, 3.8) is 0 Å². The smallest absolute Gasteiger partial charge is 0.260 e. The van der Waals surface area contributed by atoms with E-state index in [2.05, 4.69) is 18.7 Å². The highest BCUT2D eigenvalue weighted by Crippen LogP contribution is 2.40. The standard InChI is InChI=1S/C25H33N3O6S/c1-8-27(9-2)10-11-28(24(29)16-12-20(32-5)23(34-7)21(13-16)33-6)25-26-17-14-18(30-3)19(31-4)15-22(17)35-25/h12-15H,8-11H2,1-7H3. The Morgan fingerprint density at radius 1 is 0.800 bits per heavy atom. The Kier molecular flexibility index (Phi) is 9.00. The molecule has 9 nitrogen and oxygen atoms in total. The fourth-order valence-corrected chi connectivity index (χ4v) is 4.78. The average Bonchev–Trinajstić information content (AvgIpc) is 3.31. The van der Waals surface area contributed by atoms with Gasteiger partial charge in [0.05, 0.1) is 45.8 Å². The Bertz CT molecular complexity index is 1100. The van der Waals surface area contributed by atoms with Gasteiger partial charge < -0.3 is 28.6 Å². The lowest BCUT2D eigenvalue weighted by atomic mass is 10.1. The minimum Gasteiger partial charge on any atom is -0.493 e. The summed E-state index contributed by atoms with van der Waals surface area (Å²) in [5.41, 5.74) is 1.14. The molecular formula is C25H33N3O6S. The number of benzene rings is 2. The fourth-order valence-electron chi connectivity index (χ4n) is 3.78. The van der Waals surface area contributed by atoms with E-state index in [0.29, 0.717) is 52.5 Å². The lowest BCUT2D eigenvalue weighted by Crippen LogP contribution is -2.38. The van der Waals surface area contributed by atoms with Crippen LogP contribution in [0.5, 0.6) is 28.7 Å². The summed E-state index contributed by atoms with van der Waals surface area (Å²) in [7, 11) is 7.76. The maximum Gasteiger partial charge on any atom is 0.260 e. The molecular weight excluding hydrogens is 470 g/mol. The molecule has 10 heteroatoms. The molecule has 1 aromatic heterocycles. The number of rotatable bonds is 12. The number of ether oxygens (including phenoxy) is 5. The van der Waals surface area contributed by atoms with E-state index in [1.165, 1.54) is 32.7 Å². The van der Waals surface area contributed by atoms with Gasteiger partial charge in [0.15, 0.2) is 28.1 Å². The summed E-state index contributed by atoms with van der Waals surface area (Å²) in [5.74, 6) is 2.24. The summed E-state index contributed by atoms with van der Waals surface area (Å²) in [6.07, 6.45) is 0. The zero-order valence-corrected chi connectivity index (χ0v) is 22.2. The fraction of sp³-hybridized carbons (Fsp3) is 0.440. The van der Waals surface area contributed by atoms with Gasteiger partial charge >= 0.3 is 0 Å². The minimum atomic E-state index is -0.214. The van der Waals surface area contributed by atoms with Gasteiger partial charge in [-0.2, -0.15) is 0 Å². The second-order valence-corrected chi connectivity index (χ2v) is 8.58. The molecule has 1 heterocycles. The molecule has 0 saturated heterocycles. The number of likely N-dealkylation sites (N-methyl/N-ethyl adjacent to an activating group) is 1. The topological polar surface area (TPSA) is 82.6 Å². The maximum atomic E-state index is 13.9. The number of carbonyl (C=O) groups is 1. The van der Waals surface area contributed by atoms with Gasteiger partial charge in [0.25, 0.3) is 5.91 Å². The predicted octanol–water partition coefficient (Wildman–Crippen LogP) is 4.33. The molecule has 0 atom stereocenters. The predicted molar refractivity (Wildman–Crippen MR) is 138 cm³/mol. The third-order valence-electron chi connectivity index (χ3n) is 5.80. The van der Waals surface area contributed by atoms with Gasteiger partial charge in [-0.3, -0.25) is 9.69 Å². The van der Waals surface area contributed by atoms with Crippen molar-refractivity contribution in [2.75, 3.05) is 66.6 Å². The van der Waals surface area contributed by atoms with Crippen molar-refractivity contribution in [2.24, 2.45) is 0 Å². The van der Waals surface area contributed by atoms with Crippen molar-refractivity contribution in [2.45, 2.75) is 13.8 Å². The Labute approximate surface area is 210 Å². The van der Waals surface area contributed by atoms with Gasteiger partial charge in [0.1, 0.15) is 0 Å². The lowest BCUT2D eigenvalue weighted by molar-refractivity contribution is 0.0983. The molecule has 0 aliphatic heterocycles. The third kappa shape index (κ3) is 5.54. The first-order valence-electron chi connectivity index (χ1n) is 11.3. The zero-order valence-electron chi connectivity index (χ0n) is 21.3. The summed E-state index contributed by atoms with van der Waals surface area (Å²) in [6, 6.07) is 7.02. The molecule has 3 rings (SSSR count). The number of amides is 1. The summed E-state index contributed by atoms with van der Waals surface area (Å²) >= 11 is 1.42. The van der Waals surface area contributed by atoms with Gasteiger partial charge in [-0.15, -0.1) is 0 Å². The Hall–Kier alpha value is -3.24. The molecule has 0 aliphatic rings. The molecule has 0 N–H and O–H groups in total. The molecule has 0 unspecified atom stereocenters. The van der Waals surface area contributed by atoms with Crippen molar-refractivity contribution in [3.8, 4) is 28.7 Å². The second kappa shape index (κ2) is 11.9. The first-order chi connectivity index (χ1) is 16.9. The van der Waals surface area contributed by atoms with Crippen LogP contribution in [0.2, 0.25) is 0 Å². The number of nitrogens with zero attached hydrogens (tertiary/aromatic N) is 3. The molecule has 3 aromatic rings. The molecule has 0 saturated carbocycles. The van der Waals surface area contributed by atoms with Crippen molar-refractivity contribution >= 4 is 32.6 Å². The van der Waals surface area contributed by atoms with Gasteiger partial charge in [-0.1, -0.05) is 25.2 Å². The molecule has 2 aromatic carbocycles. The Balaban J connectivity index is 2.09. The van der Waals surface area contributed by atoms with Crippen LogP contribution in [0.3, 0.4) is 0 Å². The van der Waals surface area contributed by atoms with Gasteiger partial charge in [0.2, 0.25) is 5.75 Å². The maximum absolute atomic E-state index is 13.9. The largest absolute Gasteiger partial charge is 0.493 e. The first kappa shape index (κ1) is 26.4. The van der Waals surface area contributed by atoms with Gasteiger partial charge in [-0.05, 0) is 25.2 Å². The number of fused-ring (bicyclic) bond motifs is 1. The molecule has 0 aliphatic carbocycles. The van der Waals surface area contributed by atoms with Crippen LogP contribution in [0, 0.1) is 0 Å². The monoisotopic (exact) mass is 503 g/mol. The highest BCUT2D eigenvalue weighted by Gasteiger charge is 2.25. The molecule has 190 valence electrons. The van der Waals surface area contributed by atoms with Crippen LogP contribution < -0.4 is 28.6 Å². The van der Waals surface area contributed by atoms with Crippen LogP contribution in [0.1, 0.15) is 24.2 Å². The van der Waals surface area contributed by atoms with Crippen LogP contribution >= 0.6 is 11.3 Å². The van der Waals surface area contributed by atoms with E-state index in [-0.39, 0.29) is 5.91 Å². The number of aromatic nitrogens is 1. The summed E-state index contributed by atoms with van der Waals surface area (Å²) in [6.45, 7) is 7.14. The van der Waals surface area contributed by atoms with Crippen LogP contribution in [0.4, 0.5) is 5.13 Å². The molecule has 0 radical (unpaired) electrons. The van der Waals surface area contributed by atoms with Crippen LogP contribution in [-0.4, -0.2) is 77.5 Å². The number of hydrogen-bond acceptors (Lipinski definition) is 9. The number of thiazole rings is 1. The quantitative estimate of drug-likeness (QED) is 0.361. The van der Waals surface area contributed by atoms with E-state index in [1.807, 2.05) is 12.1 Å². The van der Waals surface area contributed by atoms with E-state index in [0.717, 1.165) is 23.3 Å². The molecule has 0 bridgehead atoms. The van der Waals surface area contributed by atoms with E-state index >= 15 is 0 Å². The molecule has 35 heavy (non-hydrogen) atoms. The zero-order chi connectivity index (χ0) is 25.5. The van der Waals surface area contributed by atoms with Crippen molar-refractivity contribution in [1.29, 1.82) is 0 Å². The number of anilines is 1. The third-order valence-corrected chi connectivity index (χ3v) is 6.85. The summed E-state index contributed by atoms with van der Waals surface area (Å²) in [4.78, 5) is 22.6. The SMILES string of the molecule is CCN(CC)CCN(C(=O)c1cc(OC)c(OC)c(OC)c1)c1nc2cc(OC)c(OC)cc2s1. The Morgan fingerprint density at radius 3 is 1.89 bits per heavy atom. The van der Waals surface area contributed by atoms with Crippen LogP contribution in [0.25, 0.3) is 10.2 Å². The lowest BCUT2D eigenvalue weighted by Gasteiger charge is -2.25. The average molecular weight is 504 g/mol. The van der Waals surface area contributed by atoms with E-state index < -0.39 is 0 Å². The van der Waals surface area contributed by atoms with Crippen molar-refractivity contribution in [3.05, 3.63) is 29.8 Å². The second-order valence-electron chi connectivity index (χ2n) is 7.57. The van der Waals surface area contributed by atoms with E-state index in [4.69, 9.17) is 28.7 Å². The molecule has 0 spiro atoms. The van der Waals surface area contributed by atoms with E-state index in [9.17, 15) is 4.79 Å².